The molecule has 23 heavy (non-hydrogen) atoms. The molecule has 0 atom stereocenters. The van der Waals surface area contributed by atoms with E-state index in [0.29, 0.717) is 16.7 Å². The summed E-state index contributed by atoms with van der Waals surface area (Å²) in [7, 11) is 0. The van der Waals surface area contributed by atoms with Gasteiger partial charge < -0.3 is 5.32 Å². The van der Waals surface area contributed by atoms with Crippen LogP contribution in [-0.2, 0) is 17.9 Å². The molecule has 0 aliphatic heterocycles. The van der Waals surface area contributed by atoms with Gasteiger partial charge in [0.15, 0.2) is 5.82 Å². The van der Waals surface area contributed by atoms with Gasteiger partial charge in [0.2, 0.25) is 5.91 Å². The Morgan fingerprint density at radius 2 is 2.17 bits per heavy atom. The topological polar surface area (TPSA) is 77.6 Å². The van der Waals surface area contributed by atoms with Gasteiger partial charge in [0.05, 0.1) is 15.4 Å². The number of halogens is 1. The maximum atomic E-state index is 12.1. The molecular formula is C14H15ClN6OS. The number of carbonyl (C=O) groups is 1. The van der Waals surface area contributed by atoms with E-state index in [1.807, 2.05) is 32.2 Å². The zero-order chi connectivity index (χ0) is 16.4. The van der Waals surface area contributed by atoms with Gasteiger partial charge in [-0.15, -0.1) is 16.4 Å². The van der Waals surface area contributed by atoms with Gasteiger partial charge in [-0.25, -0.2) is 0 Å². The number of nitrogens with one attached hydrogen (secondary N) is 1. The summed E-state index contributed by atoms with van der Waals surface area (Å²) in [5.41, 5.74) is 1.83. The first-order valence-electron chi connectivity index (χ1n) is 7.05. The van der Waals surface area contributed by atoms with E-state index in [1.165, 1.54) is 11.3 Å². The first-order valence-corrected chi connectivity index (χ1v) is 8.24. The molecule has 3 heterocycles. The lowest BCUT2D eigenvalue weighted by Gasteiger charge is -2.01. The van der Waals surface area contributed by atoms with Gasteiger partial charge in [0, 0.05) is 12.7 Å². The number of amides is 1. The van der Waals surface area contributed by atoms with Gasteiger partial charge in [-0.05, 0) is 31.5 Å². The van der Waals surface area contributed by atoms with Crippen LogP contribution in [0.4, 0.5) is 5.82 Å². The Hall–Kier alpha value is -2.19. The van der Waals surface area contributed by atoms with E-state index in [9.17, 15) is 4.79 Å². The highest BCUT2D eigenvalue weighted by molar-refractivity contribution is 7.19. The highest BCUT2D eigenvalue weighted by Gasteiger charge is 2.13. The van der Waals surface area contributed by atoms with Crippen LogP contribution in [0.1, 0.15) is 12.5 Å². The third-order valence-corrected chi connectivity index (χ3v) is 4.42. The molecule has 1 amide bonds. The summed E-state index contributed by atoms with van der Waals surface area (Å²) in [6, 6.07) is 3.76. The third-order valence-electron chi connectivity index (χ3n) is 3.19. The van der Waals surface area contributed by atoms with Crippen molar-refractivity contribution in [3.8, 4) is 10.6 Å². The lowest BCUT2D eigenvalue weighted by atomic mass is 10.2. The average Bonchev–Trinajstić information content (AvgIpc) is 3.20. The number of aromatic nitrogens is 5. The molecule has 0 saturated heterocycles. The van der Waals surface area contributed by atoms with Crippen molar-refractivity contribution in [2.45, 2.75) is 26.9 Å². The van der Waals surface area contributed by atoms with E-state index in [-0.39, 0.29) is 12.5 Å². The molecule has 7 nitrogen and oxygen atoms in total. The smallest absolute Gasteiger partial charge is 0.247 e. The molecule has 0 aliphatic carbocycles. The molecule has 0 bridgehead atoms. The number of hydrogen-bond donors (Lipinski definition) is 1. The fourth-order valence-corrected chi connectivity index (χ4v) is 3.22. The van der Waals surface area contributed by atoms with Crippen molar-refractivity contribution in [1.82, 2.24) is 24.8 Å². The fraction of sp³-hybridized carbons (Fsp3) is 0.286. The molecule has 0 fully saturated rings. The van der Waals surface area contributed by atoms with Crippen molar-refractivity contribution in [1.29, 1.82) is 0 Å². The maximum Gasteiger partial charge on any atom is 0.247 e. The summed E-state index contributed by atoms with van der Waals surface area (Å²) in [6.45, 7) is 4.72. The number of aryl methyl sites for hydroxylation is 2. The molecule has 0 aromatic carbocycles. The lowest BCUT2D eigenvalue weighted by Crippen LogP contribution is -2.19. The van der Waals surface area contributed by atoms with E-state index in [2.05, 4.69) is 20.7 Å². The van der Waals surface area contributed by atoms with Crippen molar-refractivity contribution >= 4 is 34.7 Å². The predicted molar refractivity (Wildman–Crippen MR) is 89.6 cm³/mol. The lowest BCUT2D eigenvalue weighted by molar-refractivity contribution is -0.116. The number of hydrogen-bond acceptors (Lipinski definition) is 5. The molecule has 0 spiro atoms. The molecule has 1 N–H and O–H groups in total. The maximum absolute atomic E-state index is 12.1. The van der Waals surface area contributed by atoms with Crippen molar-refractivity contribution in [2.75, 3.05) is 5.32 Å². The third kappa shape index (κ3) is 3.59. The Labute approximate surface area is 141 Å². The highest BCUT2D eigenvalue weighted by atomic mass is 35.5. The largest absolute Gasteiger partial charge is 0.306 e. The van der Waals surface area contributed by atoms with Crippen molar-refractivity contribution in [3.05, 3.63) is 34.4 Å². The summed E-state index contributed by atoms with van der Waals surface area (Å²) >= 11 is 7.43. The highest BCUT2D eigenvalue weighted by Crippen LogP contribution is 2.31. The normalized spacial score (nSPS) is 10.9. The van der Waals surface area contributed by atoms with Crippen molar-refractivity contribution < 1.29 is 4.79 Å². The van der Waals surface area contributed by atoms with Crippen LogP contribution < -0.4 is 5.32 Å². The Kier molecular flexibility index (Phi) is 4.44. The van der Waals surface area contributed by atoms with Crippen LogP contribution in [0, 0.1) is 6.92 Å². The first kappa shape index (κ1) is 15.7. The standard InChI is InChI=1S/C14H15ClN6OS/c1-3-20-7-12(17-19-20)16-13(22)8-21-6-9(2)14(18-21)10-4-5-11(15)23-10/h4-7H,3,8H2,1-2H3,(H,16,22). The van der Waals surface area contributed by atoms with Gasteiger partial charge in [-0.3, -0.25) is 14.2 Å². The van der Waals surface area contributed by atoms with Gasteiger partial charge in [0.1, 0.15) is 12.2 Å². The van der Waals surface area contributed by atoms with E-state index >= 15 is 0 Å². The van der Waals surface area contributed by atoms with Gasteiger partial charge in [0.25, 0.3) is 0 Å². The van der Waals surface area contributed by atoms with Crippen molar-refractivity contribution in [3.63, 3.8) is 0 Å². The molecule has 0 aliphatic rings. The SMILES string of the molecule is CCn1cc(NC(=O)Cn2cc(C)c(-c3ccc(Cl)s3)n2)nn1. The zero-order valence-corrected chi connectivity index (χ0v) is 14.2. The number of carbonyl (C=O) groups excluding carboxylic acids is 1. The molecule has 120 valence electrons. The fourth-order valence-electron chi connectivity index (χ4n) is 2.13. The molecule has 0 unspecified atom stereocenters. The average molecular weight is 351 g/mol. The Bertz CT molecular complexity index is 836. The van der Waals surface area contributed by atoms with Crippen LogP contribution in [0.15, 0.2) is 24.5 Å². The summed E-state index contributed by atoms with van der Waals surface area (Å²) in [5, 5.41) is 14.9. The first-order chi connectivity index (χ1) is 11.0. The van der Waals surface area contributed by atoms with Gasteiger partial charge >= 0.3 is 0 Å². The molecule has 9 heteroatoms. The Balaban J connectivity index is 1.69. The van der Waals surface area contributed by atoms with Crippen LogP contribution in [0.5, 0.6) is 0 Å². The number of thiophene rings is 1. The molecule has 3 aromatic rings. The van der Waals surface area contributed by atoms with E-state index in [4.69, 9.17) is 11.6 Å². The van der Waals surface area contributed by atoms with Crippen LogP contribution in [-0.4, -0.2) is 30.7 Å². The van der Waals surface area contributed by atoms with E-state index in [1.54, 1.807) is 15.6 Å². The van der Waals surface area contributed by atoms with Crippen LogP contribution in [0.3, 0.4) is 0 Å². The minimum absolute atomic E-state index is 0.110. The summed E-state index contributed by atoms with van der Waals surface area (Å²) in [5.74, 6) is 0.234. The molecule has 3 rings (SSSR count). The molecule has 3 aromatic heterocycles. The summed E-state index contributed by atoms with van der Waals surface area (Å²) < 4.78 is 3.97. The molecule has 0 radical (unpaired) electrons. The second-order valence-electron chi connectivity index (χ2n) is 4.97. The predicted octanol–water partition coefficient (Wildman–Crippen LogP) is 2.82. The Morgan fingerprint density at radius 3 is 2.83 bits per heavy atom. The number of nitrogens with zero attached hydrogens (tertiary/aromatic N) is 5. The molecule has 0 saturated carbocycles. The number of rotatable bonds is 5. The number of anilines is 1. The van der Waals surface area contributed by atoms with E-state index < -0.39 is 0 Å². The quantitative estimate of drug-likeness (QED) is 0.767. The second kappa shape index (κ2) is 6.51. The van der Waals surface area contributed by atoms with Gasteiger partial charge in [-0.2, -0.15) is 5.10 Å². The van der Waals surface area contributed by atoms with Crippen LogP contribution in [0.25, 0.3) is 10.6 Å². The van der Waals surface area contributed by atoms with E-state index in [0.717, 1.165) is 16.1 Å². The molecular weight excluding hydrogens is 336 g/mol. The summed E-state index contributed by atoms with van der Waals surface area (Å²) in [6.07, 6.45) is 3.52. The summed E-state index contributed by atoms with van der Waals surface area (Å²) in [4.78, 5) is 13.1. The monoisotopic (exact) mass is 350 g/mol. The zero-order valence-electron chi connectivity index (χ0n) is 12.7. The minimum atomic E-state index is -0.202. The Morgan fingerprint density at radius 1 is 1.35 bits per heavy atom. The van der Waals surface area contributed by atoms with Crippen LogP contribution >= 0.6 is 22.9 Å². The van der Waals surface area contributed by atoms with Crippen LogP contribution in [0.2, 0.25) is 4.34 Å². The second-order valence-corrected chi connectivity index (χ2v) is 6.68. The van der Waals surface area contributed by atoms with Gasteiger partial charge in [-0.1, -0.05) is 16.8 Å². The van der Waals surface area contributed by atoms with Crippen molar-refractivity contribution in [2.24, 2.45) is 0 Å². The minimum Gasteiger partial charge on any atom is -0.306 e.